The lowest BCUT2D eigenvalue weighted by Crippen LogP contribution is -2.21. The summed E-state index contributed by atoms with van der Waals surface area (Å²) in [4.78, 5) is 0. The molecule has 0 saturated carbocycles. The van der Waals surface area contributed by atoms with E-state index in [-0.39, 0.29) is 0 Å². The Hall–Kier alpha value is -0.980. The number of phenolic OH excluding ortho intramolecular Hbond substituents is 1. The lowest BCUT2D eigenvalue weighted by atomic mass is 9.73. The number of fused-ring (bicyclic) bond motifs is 1. The van der Waals surface area contributed by atoms with Gasteiger partial charge in [-0.3, -0.25) is 0 Å². The van der Waals surface area contributed by atoms with E-state index in [4.69, 9.17) is 0 Å². The third-order valence-corrected chi connectivity index (χ3v) is 3.51. The van der Waals surface area contributed by atoms with E-state index in [1.807, 2.05) is 12.1 Å². The van der Waals surface area contributed by atoms with Crippen LogP contribution in [0.15, 0.2) is 18.2 Å². The molecule has 0 heterocycles. The Morgan fingerprint density at radius 2 is 1.93 bits per heavy atom. The van der Waals surface area contributed by atoms with Crippen molar-refractivity contribution in [3.8, 4) is 5.75 Å². The molecule has 1 aromatic carbocycles. The summed E-state index contributed by atoms with van der Waals surface area (Å²) < 4.78 is 0. The first-order valence-electron chi connectivity index (χ1n) is 5.71. The maximum Gasteiger partial charge on any atom is 0.115 e. The van der Waals surface area contributed by atoms with Crippen LogP contribution in [0.4, 0.5) is 0 Å². The summed E-state index contributed by atoms with van der Waals surface area (Å²) in [5.74, 6) is 1.70. The van der Waals surface area contributed by atoms with Gasteiger partial charge in [0.2, 0.25) is 0 Å². The van der Waals surface area contributed by atoms with Crippen molar-refractivity contribution in [1.29, 1.82) is 0 Å². The van der Waals surface area contributed by atoms with Crippen LogP contribution in [0, 0.1) is 11.3 Å². The van der Waals surface area contributed by atoms with Crippen LogP contribution in [-0.4, -0.2) is 5.11 Å². The highest BCUT2D eigenvalue weighted by molar-refractivity contribution is 5.42. The number of hydrogen-bond acceptors (Lipinski definition) is 1. The zero-order valence-corrected chi connectivity index (χ0v) is 10.0. The van der Waals surface area contributed by atoms with E-state index in [9.17, 15) is 5.11 Å². The standard InChI is InChI=1S/C14H20O/c1-9-7-10-8-11(15)5-6-12(10)13(9)14(2,3)4/h5-6,8-9,13,15H,7H2,1-4H3. The molecule has 0 aromatic heterocycles. The maximum absolute atomic E-state index is 9.47. The summed E-state index contributed by atoms with van der Waals surface area (Å²) in [5.41, 5.74) is 3.08. The molecule has 0 amide bonds. The molecule has 0 saturated heterocycles. The highest BCUT2D eigenvalue weighted by Crippen LogP contribution is 2.48. The molecule has 0 bridgehead atoms. The average Bonchev–Trinajstić information content (AvgIpc) is 2.38. The Morgan fingerprint density at radius 1 is 1.27 bits per heavy atom. The predicted octanol–water partition coefficient (Wildman–Crippen LogP) is 3.71. The Morgan fingerprint density at radius 3 is 2.53 bits per heavy atom. The highest BCUT2D eigenvalue weighted by atomic mass is 16.3. The van der Waals surface area contributed by atoms with Gasteiger partial charge in [0.1, 0.15) is 5.75 Å². The average molecular weight is 204 g/mol. The molecule has 2 atom stereocenters. The summed E-state index contributed by atoms with van der Waals surface area (Å²) >= 11 is 0. The van der Waals surface area contributed by atoms with E-state index in [2.05, 4.69) is 33.8 Å². The van der Waals surface area contributed by atoms with Crippen molar-refractivity contribution in [1.82, 2.24) is 0 Å². The maximum atomic E-state index is 9.47. The van der Waals surface area contributed by atoms with Crippen LogP contribution in [0.5, 0.6) is 5.75 Å². The molecule has 2 unspecified atom stereocenters. The second-order valence-corrected chi connectivity index (χ2v) is 5.91. The molecule has 0 radical (unpaired) electrons. The van der Waals surface area contributed by atoms with Crippen molar-refractivity contribution in [2.24, 2.45) is 11.3 Å². The zero-order valence-electron chi connectivity index (χ0n) is 10.0. The van der Waals surface area contributed by atoms with E-state index in [0.717, 1.165) is 6.42 Å². The largest absolute Gasteiger partial charge is 0.508 e. The zero-order chi connectivity index (χ0) is 11.2. The van der Waals surface area contributed by atoms with Gasteiger partial charge in [-0.2, -0.15) is 0 Å². The van der Waals surface area contributed by atoms with E-state index in [1.54, 1.807) is 0 Å². The molecule has 0 spiro atoms. The van der Waals surface area contributed by atoms with Gasteiger partial charge in [-0.05, 0) is 46.9 Å². The second-order valence-electron chi connectivity index (χ2n) is 5.91. The second kappa shape index (κ2) is 3.26. The summed E-state index contributed by atoms with van der Waals surface area (Å²) in [6.45, 7) is 9.22. The molecule has 82 valence electrons. The van der Waals surface area contributed by atoms with Crippen LogP contribution in [0.3, 0.4) is 0 Å². The summed E-state index contributed by atoms with van der Waals surface area (Å²) in [7, 11) is 0. The molecule has 1 nitrogen and oxygen atoms in total. The fourth-order valence-corrected chi connectivity index (χ4v) is 3.16. The fraction of sp³-hybridized carbons (Fsp3) is 0.571. The molecule has 0 fully saturated rings. The predicted molar refractivity (Wildman–Crippen MR) is 63.2 cm³/mol. The van der Waals surface area contributed by atoms with E-state index >= 15 is 0 Å². The molecule has 1 aliphatic rings. The molecule has 1 aliphatic carbocycles. The van der Waals surface area contributed by atoms with Crippen molar-refractivity contribution >= 4 is 0 Å². The fourth-order valence-electron chi connectivity index (χ4n) is 3.16. The number of hydrogen-bond donors (Lipinski definition) is 1. The first-order chi connectivity index (χ1) is 6.89. The number of phenols is 1. The van der Waals surface area contributed by atoms with Gasteiger partial charge in [0.05, 0.1) is 0 Å². The SMILES string of the molecule is CC1Cc2cc(O)ccc2C1C(C)(C)C. The third kappa shape index (κ3) is 1.75. The Labute approximate surface area is 92.1 Å². The van der Waals surface area contributed by atoms with Gasteiger partial charge in [-0.15, -0.1) is 0 Å². The quantitative estimate of drug-likeness (QED) is 0.683. The first kappa shape index (κ1) is 10.5. The van der Waals surface area contributed by atoms with Crippen LogP contribution >= 0.6 is 0 Å². The third-order valence-electron chi connectivity index (χ3n) is 3.51. The lowest BCUT2D eigenvalue weighted by molar-refractivity contribution is 0.263. The molecule has 2 rings (SSSR count). The number of aromatic hydroxyl groups is 1. The van der Waals surface area contributed by atoms with Gasteiger partial charge in [0, 0.05) is 0 Å². The van der Waals surface area contributed by atoms with Gasteiger partial charge in [0.25, 0.3) is 0 Å². The molecular weight excluding hydrogens is 184 g/mol. The van der Waals surface area contributed by atoms with Crippen molar-refractivity contribution in [3.05, 3.63) is 29.3 Å². The topological polar surface area (TPSA) is 20.2 Å². The van der Waals surface area contributed by atoms with Crippen LogP contribution < -0.4 is 0 Å². The molecular formula is C14H20O. The van der Waals surface area contributed by atoms with Gasteiger partial charge < -0.3 is 5.11 Å². The minimum absolute atomic E-state index is 0.307. The van der Waals surface area contributed by atoms with Gasteiger partial charge in [-0.25, -0.2) is 0 Å². The van der Waals surface area contributed by atoms with Crippen LogP contribution in [-0.2, 0) is 6.42 Å². The monoisotopic (exact) mass is 204 g/mol. The van der Waals surface area contributed by atoms with Crippen molar-refractivity contribution in [2.45, 2.75) is 40.0 Å². The van der Waals surface area contributed by atoms with Gasteiger partial charge in [0.15, 0.2) is 0 Å². The summed E-state index contributed by atoms with van der Waals surface area (Å²) in [6.07, 6.45) is 1.10. The van der Waals surface area contributed by atoms with E-state index < -0.39 is 0 Å². The Balaban J connectivity index is 2.46. The number of rotatable bonds is 0. The lowest BCUT2D eigenvalue weighted by Gasteiger charge is -2.31. The number of benzene rings is 1. The molecule has 15 heavy (non-hydrogen) atoms. The van der Waals surface area contributed by atoms with Crippen molar-refractivity contribution < 1.29 is 5.11 Å². The highest BCUT2D eigenvalue weighted by Gasteiger charge is 2.37. The molecule has 1 N–H and O–H groups in total. The molecule has 1 heteroatoms. The van der Waals surface area contributed by atoms with Gasteiger partial charge in [-0.1, -0.05) is 33.8 Å². The van der Waals surface area contributed by atoms with Crippen LogP contribution in [0.25, 0.3) is 0 Å². The Kier molecular flexibility index (Phi) is 2.29. The van der Waals surface area contributed by atoms with E-state index in [1.165, 1.54) is 11.1 Å². The van der Waals surface area contributed by atoms with Crippen molar-refractivity contribution in [3.63, 3.8) is 0 Å². The molecule has 1 aromatic rings. The smallest absolute Gasteiger partial charge is 0.115 e. The molecule has 0 aliphatic heterocycles. The van der Waals surface area contributed by atoms with Crippen LogP contribution in [0.2, 0.25) is 0 Å². The summed E-state index contributed by atoms with van der Waals surface area (Å²) in [6, 6.07) is 5.84. The normalized spacial score (nSPS) is 25.3. The summed E-state index contributed by atoms with van der Waals surface area (Å²) in [5, 5.41) is 9.47. The first-order valence-corrected chi connectivity index (χ1v) is 5.71. The minimum atomic E-state index is 0.307. The van der Waals surface area contributed by atoms with E-state index in [0.29, 0.717) is 23.0 Å². The van der Waals surface area contributed by atoms with Gasteiger partial charge >= 0.3 is 0 Å². The minimum Gasteiger partial charge on any atom is -0.508 e. The Bertz CT molecular complexity index is 373. The van der Waals surface area contributed by atoms with Crippen molar-refractivity contribution in [2.75, 3.05) is 0 Å². The van der Waals surface area contributed by atoms with Crippen LogP contribution in [0.1, 0.15) is 44.7 Å².